The maximum atomic E-state index is 13.5. The number of pyridine rings is 1. The van der Waals surface area contributed by atoms with E-state index in [-0.39, 0.29) is 6.23 Å². The van der Waals surface area contributed by atoms with Gasteiger partial charge in [0.1, 0.15) is 11.6 Å². The lowest BCUT2D eigenvalue weighted by atomic mass is 10.1. The lowest BCUT2D eigenvalue weighted by Gasteiger charge is -2.23. The highest BCUT2D eigenvalue weighted by Gasteiger charge is 2.20. The fourth-order valence-electron chi connectivity index (χ4n) is 4.08. The Morgan fingerprint density at radius 1 is 1.03 bits per heavy atom. The summed E-state index contributed by atoms with van der Waals surface area (Å²) < 4.78 is 35.0. The topological polar surface area (TPSA) is 52.0 Å². The Bertz CT molecular complexity index is 1260. The molecule has 1 aliphatic rings. The minimum atomic E-state index is -0.608. The average Bonchev–Trinajstić information content (AvgIpc) is 3.20. The zero-order valence-electron chi connectivity index (χ0n) is 18.0. The van der Waals surface area contributed by atoms with E-state index in [1.807, 2.05) is 47.2 Å². The summed E-state index contributed by atoms with van der Waals surface area (Å²) in [5.74, 6) is -1.22. The third-order valence-electron chi connectivity index (χ3n) is 5.69. The van der Waals surface area contributed by atoms with Crippen LogP contribution in [0.25, 0.3) is 23.1 Å². The Hall–Kier alpha value is -3.58. The van der Waals surface area contributed by atoms with Gasteiger partial charge in [-0.1, -0.05) is 12.1 Å². The van der Waals surface area contributed by atoms with Crippen molar-refractivity contribution in [2.24, 2.45) is 0 Å². The van der Waals surface area contributed by atoms with Gasteiger partial charge in [-0.3, -0.25) is 4.98 Å². The number of ether oxygens (including phenoxy) is 1. The molecule has 1 atom stereocenters. The predicted octanol–water partition coefficient (Wildman–Crippen LogP) is 6.19. The molecule has 2 aromatic carbocycles. The van der Waals surface area contributed by atoms with Crippen molar-refractivity contribution in [3.05, 3.63) is 89.4 Å². The number of hydrogen-bond acceptors (Lipinski definition) is 4. The van der Waals surface area contributed by atoms with Gasteiger partial charge in [-0.25, -0.2) is 13.5 Å². The van der Waals surface area contributed by atoms with Gasteiger partial charge in [0.05, 0.1) is 16.9 Å². The molecule has 0 radical (unpaired) electrons. The number of anilines is 1. The first-order chi connectivity index (χ1) is 16.2. The van der Waals surface area contributed by atoms with E-state index in [2.05, 4.69) is 16.4 Å². The van der Waals surface area contributed by atoms with E-state index < -0.39 is 11.6 Å². The SMILES string of the molecule is Fc1cc(F)cc(NCc2ccc3c(c2)c(/C=C/c2ccccn2)nn3C2CCCCO2)c1. The molecule has 33 heavy (non-hydrogen) atoms. The molecular formula is C26H24F2N4O. The second kappa shape index (κ2) is 9.50. The summed E-state index contributed by atoms with van der Waals surface area (Å²) >= 11 is 0. The van der Waals surface area contributed by atoms with E-state index in [1.54, 1.807) is 6.20 Å². The maximum absolute atomic E-state index is 13.5. The smallest absolute Gasteiger partial charge is 0.150 e. The quantitative estimate of drug-likeness (QED) is 0.384. The molecule has 0 bridgehead atoms. The molecule has 1 fully saturated rings. The molecule has 1 N–H and O–H groups in total. The Morgan fingerprint density at radius 3 is 2.67 bits per heavy atom. The third-order valence-corrected chi connectivity index (χ3v) is 5.69. The Labute approximate surface area is 190 Å². The highest BCUT2D eigenvalue weighted by atomic mass is 19.1. The molecule has 7 heteroatoms. The van der Waals surface area contributed by atoms with Gasteiger partial charge in [0, 0.05) is 36.5 Å². The van der Waals surface area contributed by atoms with Crippen molar-refractivity contribution in [1.29, 1.82) is 0 Å². The van der Waals surface area contributed by atoms with Gasteiger partial charge >= 0.3 is 0 Å². The lowest BCUT2D eigenvalue weighted by molar-refractivity contribution is -0.0367. The van der Waals surface area contributed by atoms with E-state index in [1.165, 1.54) is 12.1 Å². The molecule has 1 unspecified atom stereocenters. The largest absolute Gasteiger partial charge is 0.381 e. The minimum absolute atomic E-state index is 0.0857. The van der Waals surface area contributed by atoms with Gasteiger partial charge in [0.15, 0.2) is 6.23 Å². The van der Waals surface area contributed by atoms with Crippen LogP contribution in [0.1, 0.15) is 42.4 Å². The number of nitrogens with one attached hydrogen (secondary N) is 1. The van der Waals surface area contributed by atoms with Crippen LogP contribution < -0.4 is 5.32 Å². The monoisotopic (exact) mass is 446 g/mol. The molecule has 3 heterocycles. The fourth-order valence-corrected chi connectivity index (χ4v) is 4.08. The molecule has 0 aliphatic carbocycles. The second-order valence-corrected chi connectivity index (χ2v) is 8.10. The summed E-state index contributed by atoms with van der Waals surface area (Å²) in [4.78, 5) is 4.35. The van der Waals surface area contributed by atoms with Crippen LogP contribution >= 0.6 is 0 Å². The van der Waals surface area contributed by atoms with Gasteiger partial charge in [0.2, 0.25) is 0 Å². The van der Waals surface area contributed by atoms with Crippen molar-refractivity contribution >= 4 is 28.7 Å². The standard InChI is InChI=1S/C26H24F2N4O/c27-19-14-20(28)16-22(15-19)30-17-18-7-10-25-23(13-18)24(9-8-21-5-1-3-11-29-21)31-32(25)26-6-2-4-12-33-26/h1,3,5,7-11,13-16,26,30H,2,4,6,12,17H2/b9-8+. The second-order valence-electron chi connectivity index (χ2n) is 8.10. The van der Waals surface area contributed by atoms with E-state index >= 15 is 0 Å². The van der Waals surface area contributed by atoms with Crippen molar-refractivity contribution in [1.82, 2.24) is 14.8 Å². The number of hydrogen-bond donors (Lipinski definition) is 1. The summed E-state index contributed by atoms with van der Waals surface area (Å²) in [5.41, 5.74) is 4.03. The summed E-state index contributed by atoms with van der Waals surface area (Å²) in [5, 5.41) is 8.95. The van der Waals surface area contributed by atoms with E-state index in [9.17, 15) is 8.78 Å². The summed E-state index contributed by atoms with van der Waals surface area (Å²) in [7, 11) is 0. The lowest BCUT2D eigenvalue weighted by Crippen LogP contribution is -2.19. The molecule has 4 aromatic rings. The number of rotatable bonds is 6. The molecule has 0 saturated carbocycles. The van der Waals surface area contributed by atoms with Crippen molar-refractivity contribution < 1.29 is 13.5 Å². The number of fused-ring (bicyclic) bond motifs is 1. The van der Waals surface area contributed by atoms with Gasteiger partial charge < -0.3 is 10.1 Å². The molecule has 0 amide bonds. The molecule has 168 valence electrons. The number of halogens is 2. The summed E-state index contributed by atoms with van der Waals surface area (Å²) in [6, 6.07) is 15.3. The first-order valence-electron chi connectivity index (χ1n) is 11.1. The van der Waals surface area contributed by atoms with Crippen LogP contribution in [0.4, 0.5) is 14.5 Å². The number of benzene rings is 2. The normalized spacial score (nSPS) is 16.5. The highest BCUT2D eigenvalue weighted by molar-refractivity contribution is 5.90. The molecule has 5 nitrogen and oxygen atoms in total. The van der Waals surface area contributed by atoms with Gasteiger partial charge in [-0.05, 0) is 73.4 Å². The average molecular weight is 447 g/mol. The number of nitrogens with zero attached hydrogens (tertiary/aromatic N) is 3. The van der Waals surface area contributed by atoms with Crippen LogP contribution in [0.2, 0.25) is 0 Å². The van der Waals surface area contributed by atoms with Crippen molar-refractivity contribution in [3.8, 4) is 0 Å². The van der Waals surface area contributed by atoms with E-state index in [4.69, 9.17) is 9.84 Å². The first-order valence-corrected chi connectivity index (χ1v) is 11.1. The summed E-state index contributed by atoms with van der Waals surface area (Å²) in [6.45, 7) is 1.16. The Morgan fingerprint density at radius 2 is 1.91 bits per heavy atom. The fraction of sp³-hybridized carbons (Fsp3) is 0.231. The Kier molecular flexibility index (Phi) is 6.13. The van der Waals surface area contributed by atoms with Gasteiger partial charge in [-0.15, -0.1) is 0 Å². The molecule has 0 spiro atoms. The predicted molar refractivity (Wildman–Crippen MR) is 125 cm³/mol. The van der Waals surface area contributed by atoms with Gasteiger partial charge in [0.25, 0.3) is 0 Å². The van der Waals surface area contributed by atoms with Crippen LogP contribution in [-0.4, -0.2) is 21.4 Å². The Balaban J connectivity index is 1.47. The molecule has 2 aromatic heterocycles. The van der Waals surface area contributed by atoms with Crippen LogP contribution in [-0.2, 0) is 11.3 Å². The van der Waals surface area contributed by atoms with Crippen molar-refractivity contribution in [2.75, 3.05) is 11.9 Å². The molecule has 5 rings (SSSR count). The molecule has 1 aliphatic heterocycles. The van der Waals surface area contributed by atoms with Gasteiger partial charge in [-0.2, -0.15) is 5.10 Å². The van der Waals surface area contributed by atoms with E-state index in [0.717, 1.165) is 59.8 Å². The molecule has 1 saturated heterocycles. The highest BCUT2D eigenvalue weighted by Crippen LogP contribution is 2.30. The van der Waals surface area contributed by atoms with Crippen LogP contribution in [0.3, 0.4) is 0 Å². The van der Waals surface area contributed by atoms with Crippen LogP contribution in [0.15, 0.2) is 60.8 Å². The first kappa shape index (κ1) is 21.3. The minimum Gasteiger partial charge on any atom is -0.381 e. The molecular weight excluding hydrogens is 422 g/mol. The van der Waals surface area contributed by atoms with Crippen molar-refractivity contribution in [3.63, 3.8) is 0 Å². The number of aromatic nitrogens is 3. The van der Waals surface area contributed by atoms with Crippen molar-refractivity contribution in [2.45, 2.75) is 32.0 Å². The third kappa shape index (κ3) is 4.93. The maximum Gasteiger partial charge on any atom is 0.150 e. The van der Waals surface area contributed by atoms with Crippen LogP contribution in [0, 0.1) is 11.6 Å². The van der Waals surface area contributed by atoms with Crippen LogP contribution in [0.5, 0.6) is 0 Å². The zero-order valence-corrected chi connectivity index (χ0v) is 18.0. The van der Waals surface area contributed by atoms with E-state index in [0.29, 0.717) is 12.2 Å². The summed E-state index contributed by atoms with van der Waals surface area (Å²) in [6.07, 6.45) is 8.67. The zero-order chi connectivity index (χ0) is 22.6.